The average Bonchev–Trinajstić information content (AvgIpc) is 3.44. The largest absolute Gasteiger partial charge is 0.375 e. The molecule has 0 bridgehead atoms. The highest BCUT2D eigenvalue weighted by Gasteiger charge is 2.50. The first-order valence-electron chi connectivity index (χ1n) is 10.9. The molecule has 0 spiro atoms. The van der Waals surface area contributed by atoms with E-state index >= 15 is 0 Å². The standard InChI is InChI=1S/C28H24N2O3/c1-20-8-10-21(11-9-20)19-30-25-7-3-2-6-24(25)28(33,27(30)32)18-26(31)22-12-14-23(15-13-22)29-16-4-5-17-29/h2-17,33H,18-19H2,1H3. The van der Waals surface area contributed by atoms with Crippen LogP contribution >= 0.6 is 0 Å². The monoisotopic (exact) mass is 436 g/mol. The Morgan fingerprint density at radius 3 is 2.24 bits per heavy atom. The zero-order chi connectivity index (χ0) is 23.0. The number of aromatic nitrogens is 1. The second kappa shape index (κ2) is 8.19. The van der Waals surface area contributed by atoms with Gasteiger partial charge in [-0.15, -0.1) is 0 Å². The maximum Gasteiger partial charge on any atom is 0.264 e. The molecule has 2 heterocycles. The number of hydrogen-bond donors (Lipinski definition) is 1. The summed E-state index contributed by atoms with van der Waals surface area (Å²) in [5, 5.41) is 11.5. The summed E-state index contributed by atoms with van der Waals surface area (Å²) in [6.45, 7) is 2.34. The summed E-state index contributed by atoms with van der Waals surface area (Å²) in [7, 11) is 0. The van der Waals surface area contributed by atoms with E-state index in [1.165, 1.54) is 0 Å². The number of amides is 1. The Hall–Kier alpha value is -3.96. The number of rotatable bonds is 6. The number of hydrogen-bond acceptors (Lipinski definition) is 3. The van der Waals surface area contributed by atoms with E-state index in [9.17, 15) is 14.7 Å². The molecule has 33 heavy (non-hydrogen) atoms. The fraction of sp³-hybridized carbons (Fsp3) is 0.143. The van der Waals surface area contributed by atoms with Crippen molar-refractivity contribution in [3.8, 4) is 5.69 Å². The van der Waals surface area contributed by atoms with E-state index < -0.39 is 11.5 Å². The van der Waals surface area contributed by atoms with Gasteiger partial charge in [0.25, 0.3) is 5.91 Å². The van der Waals surface area contributed by atoms with E-state index in [1.54, 1.807) is 29.2 Å². The molecule has 3 aromatic carbocycles. The molecule has 164 valence electrons. The Kier molecular flexibility index (Phi) is 5.19. The number of carbonyl (C=O) groups excluding carboxylic acids is 2. The average molecular weight is 437 g/mol. The molecule has 1 aromatic heterocycles. The van der Waals surface area contributed by atoms with Crippen molar-refractivity contribution in [2.75, 3.05) is 4.90 Å². The minimum atomic E-state index is -1.89. The van der Waals surface area contributed by atoms with Crippen molar-refractivity contribution in [3.05, 3.63) is 120 Å². The third-order valence-electron chi connectivity index (χ3n) is 6.21. The van der Waals surface area contributed by atoms with Crippen LogP contribution in [-0.2, 0) is 16.9 Å². The smallest absolute Gasteiger partial charge is 0.264 e. The third kappa shape index (κ3) is 3.77. The van der Waals surface area contributed by atoms with Crippen LogP contribution in [0.4, 0.5) is 5.69 Å². The van der Waals surface area contributed by atoms with E-state index in [-0.39, 0.29) is 12.2 Å². The summed E-state index contributed by atoms with van der Waals surface area (Å²) in [5.74, 6) is -0.751. The fourth-order valence-corrected chi connectivity index (χ4v) is 4.37. The van der Waals surface area contributed by atoms with E-state index in [1.807, 2.05) is 84.5 Å². The van der Waals surface area contributed by atoms with Gasteiger partial charge in [0.1, 0.15) is 0 Å². The van der Waals surface area contributed by atoms with Gasteiger partial charge in [-0.2, -0.15) is 0 Å². The van der Waals surface area contributed by atoms with Crippen LogP contribution in [0.5, 0.6) is 0 Å². The predicted molar refractivity (Wildman–Crippen MR) is 127 cm³/mol. The van der Waals surface area contributed by atoms with Gasteiger partial charge in [-0.05, 0) is 55.0 Å². The maximum absolute atomic E-state index is 13.5. The van der Waals surface area contributed by atoms with Gasteiger partial charge < -0.3 is 14.6 Å². The Morgan fingerprint density at radius 2 is 1.55 bits per heavy atom. The molecule has 1 N–H and O–H groups in total. The van der Waals surface area contributed by atoms with Crippen molar-refractivity contribution in [2.45, 2.75) is 25.5 Å². The second-order valence-corrected chi connectivity index (χ2v) is 8.49. The highest BCUT2D eigenvalue weighted by atomic mass is 16.3. The Bertz CT molecular complexity index is 1310. The van der Waals surface area contributed by atoms with Gasteiger partial charge in [0.15, 0.2) is 11.4 Å². The van der Waals surface area contributed by atoms with Gasteiger partial charge in [0.05, 0.1) is 18.7 Å². The van der Waals surface area contributed by atoms with E-state index in [2.05, 4.69) is 0 Å². The van der Waals surface area contributed by atoms with Crippen LogP contribution in [0.25, 0.3) is 5.69 Å². The van der Waals surface area contributed by atoms with Gasteiger partial charge in [-0.1, -0.05) is 48.0 Å². The van der Waals surface area contributed by atoms with Crippen LogP contribution in [0.2, 0.25) is 0 Å². The summed E-state index contributed by atoms with van der Waals surface area (Å²) in [4.78, 5) is 28.1. The highest BCUT2D eigenvalue weighted by molar-refractivity contribution is 6.10. The van der Waals surface area contributed by atoms with Gasteiger partial charge in [-0.3, -0.25) is 9.59 Å². The maximum atomic E-state index is 13.5. The van der Waals surface area contributed by atoms with Crippen LogP contribution in [0.15, 0.2) is 97.3 Å². The Morgan fingerprint density at radius 1 is 0.879 bits per heavy atom. The van der Waals surface area contributed by atoms with Gasteiger partial charge in [-0.25, -0.2) is 0 Å². The summed E-state index contributed by atoms with van der Waals surface area (Å²) in [5.41, 5.74) is 2.71. The molecule has 0 fully saturated rings. The van der Waals surface area contributed by atoms with Gasteiger partial charge in [0, 0.05) is 29.2 Å². The number of Topliss-reactive ketones (excluding diaryl/α,β-unsaturated/α-hetero) is 1. The molecule has 1 unspecified atom stereocenters. The molecule has 0 radical (unpaired) electrons. The lowest BCUT2D eigenvalue weighted by Gasteiger charge is -2.23. The molecule has 0 saturated heterocycles. The highest BCUT2D eigenvalue weighted by Crippen LogP contribution is 2.43. The number of aliphatic hydroxyl groups is 1. The van der Waals surface area contributed by atoms with Crippen molar-refractivity contribution >= 4 is 17.4 Å². The van der Waals surface area contributed by atoms with Crippen molar-refractivity contribution in [1.82, 2.24) is 4.57 Å². The zero-order valence-electron chi connectivity index (χ0n) is 18.3. The molecule has 1 aliphatic rings. The topological polar surface area (TPSA) is 62.5 Å². The summed E-state index contributed by atoms with van der Waals surface area (Å²) >= 11 is 0. The number of benzene rings is 3. The van der Waals surface area contributed by atoms with E-state index in [0.29, 0.717) is 23.4 Å². The first-order valence-corrected chi connectivity index (χ1v) is 10.9. The molecule has 5 heteroatoms. The van der Waals surface area contributed by atoms with Crippen LogP contribution in [-0.4, -0.2) is 21.4 Å². The molecule has 4 aromatic rings. The Balaban J connectivity index is 1.41. The van der Waals surface area contributed by atoms with Crippen molar-refractivity contribution in [1.29, 1.82) is 0 Å². The van der Waals surface area contributed by atoms with Gasteiger partial charge in [0.2, 0.25) is 0 Å². The SMILES string of the molecule is Cc1ccc(CN2C(=O)C(O)(CC(=O)c3ccc(-n4cccc4)cc3)c3ccccc32)cc1. The first-order chi connectivity index (χ1) is 16.0. The number of aryl methyl sites for hydroxylation is 1. The minimum absolute atomic E-state index is 0.281. The zero-order valence-corrected chi connectivity index (χ0v) is 18.3. The first kappa shape index (κ1) is 20.9. The molecular formula is C28H24N2O3. The molecule has 0 saturated carbocycles. The molecule has 0 aliphatic carbocycles. The van der Waals surface area contributed by atoms with E-state index in [0.717, 1.165) is 16.8 Å². The summed E-state index contributed by atoms with van der Waals surface area (Å²) < 4.78 is 1.95. The number of anilines is 1. The molecule has 5 rings (SSSR count). The third-order valence-corrected chi connectivity index (χ3v) is 6.21. The molecule has 1 amide bonds. The van der Waals surface area contributed by atoms with Crippen molar-refractivity contribution in [3.63, 3.8) is 0 Å². The van der Waals surface area contributed by atoms with Crippen LogP contribution in [0, 0.1) is 6.92 Å². The minimum Gasteiger partial charge on any atom is -0.375 e. The lowest BCUT2D eigenvalue weighted by atomic mass is 9.88. The second-order valence-electron chi connectivity index (χ2n) is 8.49. The van der Waals surface area contributed by atoms with Crippen molar-refractivity contribution < 1.29 is 14.7 Å². The summed E-state index contributed by atoms with van der Waals surface area (Å²) in [6, 6.07) is 26.1. The number of para-hydroxylation sites is 1. The Labute approximate surface area is 192 Å². The molecular weight excluding hydrogens is 412 g/mol. The van der Waals surface area contributed by atoms with Crippen molar-refractivity contribution in [2.24, 2.45) is 0 Å². The van der Waals surface area contributed by atoms with Crippen LogP contribution in [0.1, 0.15) is 33.5 Å². The number of fused-ring (bicyclic) bond motifs is 1. The lowest BCUT2D eigenvalue weighted by molar-refractivity contribution is -0.136. The van der Waals surface area contributed by atoms with Gasteiger partial charge >= 0.3 is 0 Å². The predicted octanol–water partition coefficient (Wildman–Crippen LogP) is 4.79. The number of ketones is 1. The lowest BCUT2D eigenvalue weighted by Crippen LogP contribution is -2.41. The number of carbonyl (C=O) groups is 2. The molecule has 1 aliphatic heterocycles. The van der Waals surface area contributed by atoms with Crippen LogP contribution < -0.4 is 4.90 Å². The quantitative estimate of drug-likeness (QED) is 0.442. The molecule has 1 atom stereocenters. The summed E-state index contributed by atoms with van der Waals surface area (Å²) in [6.07, 6.45) is 3.54. The van der Waals surface area contributed by atoms with Crippen LogP contribution in [0.3, 0.4) is 0 Å². The normalized spacial score (nSPS) is 17.3. The molecule has 5 nitrogen and oxygen atoms in total. The van der Waals surface area contributed by atoms with E-state index in [4.69, 9.17) is 0 Å². The number of nitrogens with zero attached hydrogens (tertiary/aromatic N) is 2. The fourth-order valence-electron chi connectivity index (χ4n) is 4.37.